The Kier molecular flexibility index (Phi) is 5.65. The monoisotopic (exact) mass is 283 g/mol. The topological polar surface area (TPSA) is 12.0 Å². The van der Waals surface area contributed by atoms with Crippen LogP contribution in [0.25, 0.3) is 0 Å². The number of hydrogen-bond acceptors (Lipinski definition) is 1. The van der Waals surface area contributed by atoms with E-state index in [0.29, 0.717) is 12.0 Å². The van der Waals surface area contributed by atoms with E-state index in [1.807, 2.05) is 6.07 Å². The van der Waals surface area contributed by atoms with Gasteiger partial charge in [-0.15, -0.1) is 0 Å². The van der Waals surface area contributed by atoms with Crippen LogP contribution in [0.3, 0.4) is 0 Å². The molecule has 2 rings (SSSR count). The number of hydrogen-bond donors (Lipinski definition) is 1. The van der Waals surface area contributed by atoms with Crippen molar-refractivity contribution in [3.63, 3.8) is 0 Å². The van der Waals surface area contributed by atoms with Crippen molar-refractivity contribution >= 4 is 11.6 Å². The highest BCUT2D eigenvalue weighted by Gasteiger charge is 2.23. The lowest BCUT2D eigenvalue weighted by molar-refractivity contribution is 0.337. The summed E-state index contributed by atoms with van der Waals surface area (Å²) in [6.07, 6.45) is 7.36. The average molecular weight is 284 g/mol. The lowest BCUT2D eigenvalue weighted by Crippen LogP contribution is -2.36. The molecule has 0 aliphatic heterocycles. The van der Waals surface area contributed by atoms with Crippen LogP contribution in [-0.4, -0.2) is 12.6 Å². The predicted molar refractivity (Wildman–Crippen MR) is 79.2 cm³/mol. The molecule has 1 aromatic rings. The lowest BCUT2D eigenvalue weighted by atomic mass is 9.88. The molecule has 1 fully saturated rings. The van der Waals surface area contributed by atoms with E-state index in [4.69, 9.17) is 11.6 Å². The molecule has 2 atom stereocenters. The van der Waals surface area contributed by atoms with Gasteiger partial charge in [-0.3, -0.25) is 0 Å². The van der Waals surface area contributed by atoms with Gasteiger partial charge in [-0.2, -0.15) is 0 Å². The van der Waals surface area contributed by atoms with E-state index in [1.54, 1.807) is 12.1 Å². The van der Waals surface area contributed by atoms with Crippen molar-refractivity contribution in [2.75, 3.05) is 6.54 Å². The van der Waals surface area contributed by atoms with Crippen molar-refractivity contribution in [2.45, 2.75) is 51.5 Å². The van der Waals surface area contributed by atoms with E-state index in [-0.39, 0.29) is 10.8 Å². The molecule has 1 aromatic carbocycles. The van der Waals surface area contributed by atoms with E-state index >= 15 is 0 Å². The van der Waals surface area contributed by atoms with Gasteiger partial charge < -0.3 is 5.32 Å². The van der Waals surface area contributed by atoms with Crippen molar-refractivity contribution in [2.24, 2.45) is 5.92 Å². The molecule has 1 saturated carbocycles. The normalized spacial score (nSPS) is 24.2. The predicted octanol–water partition coefficient (Wildman–Crippen LogP) is 4.58. The SMILES string of the molecule is CCNC1CCCCCC1Cc1ccc(Cl)c(F)c1. The van der Waals surface area contributed by atoms with Gasteiger partial charge in [-0.05, 0) is 49.4 Å². The highest BCUT2D eigenvalue weighted by molar-refractivity contribution is 6.30. The molecule has 19 heavy (non-hydrogen) atoms. The Hall–Kier alpha value is -0.600. The first-order valence-corrected chi connectivity index (χ1v) is 7.75. The third-order valence-corrected chi connectivity index (χ3v) is 4.41. The van der Waals surface area contributed by atoms with Crippen LogP contribution < -0.4 is 5.32 Å². The molecule has 1 aliphatic rings. The third kappa shape index (κ3) is 4.19. The van der Waals surface area contributed by atoms with Crippen LogP contribution in [0.1, 0.15) is 44.6 Å². The zero-order valence-corrected chi connectivity index (χ0v) is 12.3. The van der Waals surface area contributed by atoms with Crippen LogP contribution in [0.4, 0.5) is 4.39 Å². The summed E-state index contributed by atoms with van der Waals surface area (Å²) in [6.45, 7) is 3.17. The van der Waals surface area contributed by atoms with Gasteiger partial charge in [0.15, 0.2) is 0 Å². The molecule has 3 heteroatoms. The minimum absolute atomic E-state index is 0.216. The van der Waals surface area contributed by atoms with Gasteiger partial charge in [-0.1, -0.05) is 43.9 Å². The number of nitrogens with one attached hydrogen (secondary N) is 1. The number of rotatable bonds is 4. The first kappa shape index (κ1) is 14.8. The molecule has 0 saturated heterocycles. The molecule has 0 amide bonds. The second-order valence-corrected chi connectivity index (χ2v) is 5.92. The second kappa shape index (κ2) is 7.25. The summed E-state index contributed by atoms with van der Waals surface area (Å²) < 4.78 is 13.5. The fourth-order valence-electron chi connectivity index (χ4n) is 3.13. The molecule has 0 aromatic heterocycles. The first-order valence-electron chi connectivity index (χ1n) is 7.38. The summed E-state index contributed by atoms with van der Waals surface area (Å²) in [6, 6.07) is 5.80. The third-order valence-electron chi connectivity index (χ3n) is 4.11. The highest BCUT2D eigenvalue weighted by Crippen LogP contribution is 2.27. The summed E-state index contributed by atoms with van der Waals surface area (Å²) in [7, 11) is 0. The largest absolute Gasteiger partial charge is 0.314 e. The van der Waals surface area contributed by atoms with Crippen LogP contribution in [0.5, 0.6) is 0 Å². The van der Waals surface area contributed by atoms with E-state index < -0.39 is 0 Å². The molecular formula is C16H23ClFN. The number of halogens is 2. The van der Waals surface area contributed by atoms with Crippen molar-refractivity contribution in [3.8, 4) is 0 Å². The standard InChI is InChI=1S/C16H23ClFN/c1-2-19-16-7-5-3-4-6-13(16)10-12-8-9-14(17)15(18)11-12/h8-9,11,13,16,19H,2-7,10H2,1H3. The fraction of sp³-hybridized carbons (Fsp3) is 0.625. The van der Waals surface area contributed by atoms with Gasteiger partial charge in [-0.25, -0.2) is 4.39 Å². The molecular weight excluding hydrogens is 261 g/mol. The summed E-state index contributed by atoms with van der Waals surface area (Å²) >= 11 is 5.74. The van der Waals surface area contributed by atoms with Gasteiger partial charge in [0, 0.05) is 6.04 Å². The number of benzene rings is 1. The van der Waals surface area contributed by atoms with Crippen LogP contribution in [0.2, 0.25) is 5.02 Å². The van der Waals surface area contributed by atoms with E-state index in [2.05, 4.69) is 12.2 Å². The van der Waals surface area contributed by atoms with Gasteiger partial charge >= 0.3 is 0 Å². The Morgan fingerprint density at radius 2 is 2.05 bits per heavy atom. The van der Waals surface area contributed by atoms with E-state index in [1.165, 1.54) is 32.1 Å². The Balaban J connectivity index is 2.06. The molecule has 106 valence electrons. The molecule has 1 nitrogen and oxygen atoms in total. The quantitative estimate of drug-likeness (QED) is 0.798. The van der Waals surface area contributed by atoms with Crippen molar-refractivity contribution < 1.29 is 4.39 Å². The first-order chi connectivity index (χ1) is 9.20. The second-order valence-electron chi connectivity index (χ2n) is 5.51. The molecule has 1 aliphatic carbocycles. The maximum absolute atomic E-state index is 13.5. The maximum atomic E-state index is 13.5. The summed E-state index contributed by atoms with van der Waals surface area (Å²) in [4.78, 5) is 0. The minimum Gasteiger partial charge on any atom is -0.314 e. The van der Waals surface area contributed by atoms with E-state index in [0.717, 1.165) is 18.5 Å². The molecule has 2 unspecified atom stereocenters. The minimum atomic E-state index is -0.298. The van der Waals surface area contributed by atoms with Gasteiger partial charge in [0.2, 0.25) is 0 Å². The van der Waals surface area contributed by atoms with Crippen molar-refractivity contribution in [1.29, 1.82) is 0 Å². The zero-order chi connectivity index (χ0) is 13.7. The Morgan fingerprint density at radius 1 is 1.26 bits per heavy atom. The molecule has 0 heterocycles. The van der Waals surface area contributed by atoms with Crippen molar-refractivity contribution in [1.82, 2.24) is 5.32 Å². The van der Waals surface area contributed by atoms with Crippen LogP contribution >= 0.6 is 11.6 Å². The summed E-state index contributed by atoms with van der Waals surface area (Å²) in [5, 5.41) is 3.82. The fourth-order valence-corrected chi connectivity index (χ4v) is 3.25. The van der Waals surface area contributed by atoms with E-state index in [9.17, 15) is 4.39 Å². The Morgan fingerprint density at radius 3 is 2.79 bits per heavy atom. The molecule has 0 bridgehead atoms. The average Bonchev–Trinajstić information content (AvgIpc) is 2.61. The van der Waals surface area contributed by atoms with Crippen molar-refractivity contribution in [3.05, 3.63) is 34.6 Å². The van der Waals surface area contributed by atoms with Gasteiger partial charge in [0.25, 0.3) is 0 Å². The highest BCUT2D eigenvalue weighted by atomic mass is 35.5. The van der Waals surface area contributed by atoms with Gasteiger partial charge in [0.1, 0.15) is 5.82 Å². The van der Waals surface area contributed by atoms with Crippen LogP contribution in [0.15, 0.2) is 18.2 Å². The summed E-state index contributed by atoms with van der Waals surface area (Å²) in [5.74, 6) is 0.316. The van der Waals surface area contributed by atoms with Crippen LogP contribution in [-0.2, 0) is 6.42 Å². The zero-order valence-electron chi connectivity index (χ0n) is 11.6. The Labute approximate surface area is 120 Å². The van der Waals surface area contributed by atoms with Crippen LogP contribution in [0, 0.1) is 11.7 Å². The Bertz CT molecular complexity index is 408. The molecule has 1 N–H and O–H groups in total. The summed E-state index contributed by atoms with van der Waals surface area (Å²) in [5.41, 5.74) is 1.07. The molecule has 0 spiro atoms. The maximum Gasteiger partial charge on any atom is 0.142 e. The lowest BCUT2D eigenvalue weighted by Gasteiger charge is -2.26. The smallest absolute Gasteiger partial charge is 0.142 e. The van der Waals surface area contributed by atoms with Gasteiger partial charge in [0.05, 0.1) is 5.02 Å². The molecule has 0 radical (unpaired) electrons.